The number of fused-ring (bicyclic) bond motifs is 1. The third kappa shape index (κ3) is 3.43. The van der Waals surface area contributed by atoms with Gasteiger partial charge in [-0.05, 0) is 60.3 Å². The average Bonchev–Trinajstić information content (AvgIpc) is 3.64. The van der Waals surface area contributed by atoms with Gasteiger partial charge in [-0.2, -0.15) is 0 Å². The van der Waals surface area contributed by atoms with Crippen molar-refractivity contribution in [2.24, 2.45) is 5.92 Å². The third-order valence-corrected chi connectivity index (χ3v) is 6.57. The minimum Gasteiger partial charge on any atom is -0.343 e. The molecule has 5 heteroatoms. The van der Waals surface area contributed by atoms with Gasteiger partial charge in [0.05, 0.1) is 6.04 Å². The van der Waals surface area contributed by atoms with E-state index in [1.165, 1.54) is 6.92 Å². The van der Waals surface area contributed by atoms with Crippen molar-refractivity contribution < 1.29 is 14.0 Å². The van der Waals surface area contributed by atoms with E-state index in [2.05, 4.69) is 5.32 Å². The Bertz CT molecular complexity index is 957. The number of hydrogen-bond acceptors (Lipinski definition) is 2. The molecule has 2 aliphatic carbocycles. The van der Waals surface area contributed by atoms with E-state index in [1.807, 2.05) is 42.5 Å². The average molecular weight is 392 g/mol. The number of nitrogens with zero attached hydrogens (tertiary/aromatic N) is 1. The smallest absolute Gasteiger partial charge is 0.243 e. The molecule has 0 spiro atoms. The quantitative estimate of drug-likeness (QED) is 0.839. The van der Waals surface area contributed by atoms with Crippen LogP contribution in [0.1, 0.15) is 61.3 Å². The fourth-order valence-corrected chi connectivity index (χ4v) is 4.83. The molecule has 1 N–H and O–H groups in total. The van der Waals surface area contributed by atoms with E-state index in [1.54, 1.807) is 11.0 Å². The maximum Gasteiger partial charge on any atom is 0.243 e. The Kier molecular flexibility index (Phi) is 4.41. The summed E-state index contributed by atoms with van der Waals surface area (Å²) in [5.74, 6) is 0.370. The highest BCUT2D eigenvalue weighted by molar-refractivity contribution is 5.88. The van der Waals surface area contributed by atoms with Gasteiger partial charge in [0.2, 0.25) is 11.8 Å². The maximum atomic E-state index is 14.7. The SMILES string of the molecule is CC(=O)N1C(C(=O)NC(c2ccccc2)c2ccc(C3CC3)c(F)c2)CC2CC21. The summed E-state index contributed by atoms with van der Waals surface area (Å²) in [4.78, 5) is 27.0. The van der Waals surface area contributed by atoms with Gasteiger partial charge >= 0.3 is 0 Å². The van der Waals surface area contributed by atoms with Crippen LogP contribution in [0.5, 0.6) is 0 Å². The number of hydrogen-bond donors (Lipinski definition) is 1. The molecular formula is C24H25FN2O2. The third-order valence-electron chi connectivity index (χ3n) is 6.57. The summed E-state index contributed by atoms with van der Waals surface area (Å²) < 4.78 is 14.7. The number of piperidine rings is 1. The van der Waals surface area contributed by atoms with Crippen LogP contribution in [0.25, 0.3) is 0 Å². The maximum absolute atomic E-state index is 14.7. The van der Waals surface area contributed by atoms with Gasteiger partial charge in [-0.15, -0.1) is 0 Å². The zero-order chi connectivity index (χ0) is 20.1. The molecule has 2 aromatic rings. The van der Waals surface area contributed by atoms with Crippen LogP contribution in [0.3, 0.4) is 0 Å². The van der Waals surface area contributed by atoms with Crippen LogP contribution in [0.15, 0.2) is 48.5 Å². The van der Waals surface area contributed by atoms with Crippen LogP contribution in [0.2, 0.25) is 0 Å². The van der Waals surface area contributed by atoms with Crippen LogP contribution >= 0.6 is 0 Å². The molecule has 0 radical (unpaired) electrons. The number of likely N-dealkylation sites (tertiary alicyclic amines) is 1. The fourth-order valence-electron chi connectivity index (χ4n) is 4.83. The fraction of sp³-hybridized carbons (Fsp3) is 0.417. The molecule has 4 unspecified atom stereocenters. The lowest BCUT2D eigenvalue weighted by molar-refractivity contribution is -0.138. The molecule has 0 bridgehead atoms. The first kappa shape index (κ1) is 18.3. The number of nitrogens with one attached hydrogen (secondary N) is 1. The second-order valence-corrected chi connectivity index (χ2v) is 8.65. The van der Waals surface area contributed by atoms with E-state index < -0.39 is 12.1 Å². The van der Waals surface area contributed by atoms with Crippen molar-refractivity contribution in [3.63, 3.8) is 0 Å². The minimum atomic E-state index is -0.447. The summed E-state index contributed by atoms with van der Waals surface area (Å²) in [5.41, 5.74) is 2.39. The summed E-state index contributed by atoms with van der Waals surface area (Å²) in [6, 6.07) is 14.3. The zero-order valence-electron chi connectivity index (χ0n) is 16.5. The predicted octanol–water partition coefficient (Wildman–Crippen LogP) is 3.92. The van der Waals surface area contributed by atoms with Gasteiger partial charge in [0.25, 0.3) is 0 Å². The van der Waals surface area contributed by atoms with Crippen LogP contribution in [0, 0.1) is 11.7 Å². The zero-order valence-corrected chi connectivity index (χ0v) is 16.5. The molecule has 1 heterocycles. The van der Waals surface area contributed by atoms with Crippen LogP contribution in [0.4, 0.5) is 4.39 Å². The first-order chi connectivity index (χ1) is 14.0. The summed E-state index contributed by atoms with van der Waals surface area (Å²) in [5, 5.41) is 3.11. The van der Waals surface area contributed by atoms with Gasteiger partial charge in [-0.25, -0.2) is 4.39 Å². The van der Waals surface area contributed by atoms with Crippen molar-refractivity contribution in [1.82, 2.24) is 10.2 Å². The van der Waals surface area contributed by atoms with Crippen molar-refractivity contribution in [3.8, 4) is 0 Å². The van der Waals surface area contributed by atoms with E-state index in [-0.39, 0.29) is 23.7 Å². The van der Waals surface area contributed by atoms with Crippen molar-refractivity contribution in [2.75, 3.05) is 0 Å². The van der Waals surface area contributed by atoms with Gasteiger partial charge in [0.15, 0.2) is 0 Å². The van der Waals surface area contributed by atoms with Crippen molar-refractivity contribution in [2.45, 2.75) is 56.7 Å². The van der Waals surface area contributed by atoms with Gasteiger partial charge in [-0.3, -0.25) is 9.59 Å². The van der Waals surface area contributed by atoms with Gasteiger partial charge in [-0.1, -0.05) is 42.5 Å². The lowest BCUT2D eigenvalue weighted by Gasteiger charge is -2.28. The largest absolute Gasteiger partial charge is 0.343 e. The van der Waals surface area contributed by atoms with Crippen LogP contribution in [-0.2, 0) is 9.59 Å². The lowest BCUT2D eigenvalue weighted by atomic mass is 9.96. The normalized spacial score (nSPS) is 26.0. The monoisotopic (exact) mass is 392 g/mol. The molecule has 4 nitrogen and oxygen atoms in total. The Morgan fingerprint density at radius 1 is 1.07 bits per heavy atom. The molecule has 4 atom stereocenters. The molecule has 150 valence electrons. The number of rotatable bonds is 5. The number of benzene rings is 2. The van der Waals surface area contributed by atoms with E-state index in [4.69, 9.17) is 0 Å². The molecule has 3 fully saturated rings. The van der Waals surface area contributed by atoms with E-state index in [0.29, 0.717) is 18.3 Å². The molecule has 2 amide bonds. The van der Waals surface area contributed by atoms with Gasteiger partial charge in [0.1, 0.15) is 11.9 Å². The Morgan fingerprint density at radius 3 is 2.48 bits per heavy atom. The Labute approximate surface area is 170 Å². The van der Waals surface area contributed by atoms with E-state index in [0.717, 1.165) is 36.0 Å². The minimum absolute atomic E-state index is 0.0498. The summed E-state index contributed by atoms with van der Waals surface area (Å²) in [6.07, 6.45) is 3.80. The topological polar surface area (TPSA) is 49.4 Å². The van der Waals surface area contributed by atoms with Crippen molar-refractivity contribution in [1.29, 1.82) is 0 Å². The molecule has 3 aliphatic rings. The first-order valence-electron chi connectivity index (χ1n) is 10.5. The highest BCUT2D eigenvalue weighted by Gasteiger charge is 2.55. The van der Waals surface area contributed by atoms with E-state index >= 15 is 0 Å². The van der Waals surface area contributed by atoms with Crippen LogP contribution in [-0.4, -0.2) is 28.8 Å². The molecule has 29 heavy (non-hydrogen) atoms. The van der Waals surface area contributed by atoms with E-state index in [9.17, 15) is 14.0 Å². The molecular weight excluding hydrogens is 367 g/mol. The van der Waals surface area contributed by atoms with Crippen molar-refractivity contribution in [3.05, 3.63) is 71.0 Å². The lowest BCUT2D eigenvalue weighted by Crippen LogP contribution is -2.48. The Hall–Kier alpha value is -2.69. The number of halogens is 1. The predicted molar refractivity (Wildman–Crippen MR) is 108 cm³/mol. The Morgan fingerprint density at radius 2 is 1.83 bits per heavy atom. The van der Waals surface area contributed by atoms with Crippen LogP contribution < -0.4 is 5.32 Å². The standard InChI is InChI=1S/C24H25FN2O2/c1-14(28)27-21-12-18(21)13-22(27)24(29)26-23(16-5-3-2-4-6-16)17-9-10-19(15-7-8-15)20(25)11-17/h2-6,9-11,15,18,21-23H,7-8,12-13H2,1H3,(H,26,29). The van der Waals surface area contributed by atoms with Gasteiger partial charge < -0.3 is 10.2 Å². The molecule has 2 saturated carbocycles. The molecule has 1 aliphatic heterocycles. The molecule has 2 aromatic carbocycles. The molecule has 0 aromatic heterocycles. The second-order valence-electron chi connectivity index (χ2n) is 8.65. The number of carbonyl (C=O) groups is 2. The molecule has 5 rings (SSSR count). The first-order valence-corrected chi connectivity index (χ1v) is 10.5. The van der Waals surface area contributed by atoms with Crippen molar-refractivity contribution >= 4 is 11.8 Å². The highest BCUT2D eigenvalue weighted by Crippen LogP contribution is 2.48. The summed E-state index contributed by atoms with van der Waals surface area (Å²) >= 11 is 0. The second kappa shape index (κ2) is 6.97. The number of amides is 2. The number of carbonyl (C=O) groups excluding carboxylic acids is 2. The summed E-state index contributed by atoms with van der Waals surface area (Å²) in [7, 11) is 0. The summed E-state index contributed by atoms with van der Waals surface area (Å²) in [6.45, 7) is 1.53. The van der Waals surface area contributed by atoms with Gasteiger partial charge in [0, 0.05) is 13.0 Å². The Balaban J connectivity index is 1.43. The highest BCUT2D eigenvalue weighted by atomic mass is 19.1. The molecule has 1 saturated heterocycles.